The van der Waals surface area contributed by atoms with Gasteiger partial charge in [-0.15, -0.1) is 0 Å². The molecule has 0 aliphatic carbocycles. The lowest BCUT2D eigenvalue weighted by atomic mass is 10.3. The van der Waals surface area contributed by atoms with Gasteiger partial charge in [-0.1, -0.05) is 18.2 Å². The van der Waals surface area contributed by atoms with Crippen molar-refractivity contribution in [2.24, 2.45) is 0 Å². The van der Waals surface area contributed by atoms with Gasteiger partial charge in [-0.05, 0) is 24.3 Å². The number of fused-ring (bicyclic) bond motifs is 1. The number of rotatable bonds is 4. The summed E-state index contributed by atoms with van der Waals surface area (Å²) in [5, 5.41) is 9.02. The molecule has 0 radical (unpaired) electrons. The maximum Gasteiger partial charge on any atom is 0.337 e. The molecule has 0 spiro atoms. The number of hydrogen-bond acceptors (Lipinski definition) is 3. The van der Waals surface area contributed by atoms with Gasteiger partial charge in [0, 0.05) is 6.20 Å². The lowest BCUT2D eigenvalue weighted by molar-refractivity contribution is 0.0696. The second kappa shape index (κ2) is 5.05. The van der Waals surface area contributed by atoms with Crippen LogP contribution in [-0.4, -0.2) is 20.5 Å². The van der Waals surface area contributed by atoms with Gasteiger partial charge in [0.25, 0.3) is 0 Å². The molecule has 2 heterocycles. The molecule has 0 aliphatic heterocycles. The third-order valence-electron chi connectivity index (χ3n) is 2.96. The SMILES string of the molecule is O=C(O)c1ccc2ncc(COc3ccccc3)n2c1. The van der Waals surface area contributed by atoms with Crippen molar-refractivity contribution in [3.05, 3.63) is 66.1 Å². The molecule has 0 atom stereocenters. The number of carboxylic acids is 1. The van der Waals surface area contributed by atoms with E-state index in [2.05, 4.69) is 4.98 Å². The Morgan fingerprint density at radius 1 is 1.20 bits per heavy atom. The number of benzene rings is 1. The number of carboxylic acid groups (broad SMARTS) is 1. The van der Waals surface area contributed by atoms with Crippen LogP contribution in [0.4, 0.5) is 0 Å². The fourth-order valence-electron chi connectivity index (χ4n) is 1.94. The van der Waals surface area contributed by atoms with E-state index < -0.39 is 5.97 Å². The predicted molar refractivity (Wildman–Crippen MR) is 72.9 cm³/mol. The fraction of sp³-hybridized carbons (Fsp3) is 0.0667. The second-order valence-electron chi connectivity index (χ2n) is 4.30. The van der Waals surface area contributed by atoms with E-state index in [-0.39, 0.29) is 5.56 Å². The number of pyridine rings is 1. The van der Waals surface area contributed by atoms with Crippen LogP contribution in [0.3, 0.4) is 0 Å². The highest BCUT2D eigenvalue weighted by atomic mass is 16.5. The summed E-state index contributed by atoms with van der Waals surface area (Å²) in [5.41, 5.74) is 1.71. The summed E-state index contributed by atoms with van der Waals surface area (Å²) in [6.07, 6.45) is 3.23. The Labute approximate surface area is 115 Å². The first kappa shape index (κ1) is 12.2. The van der Waals surface area contributed by atoms with Crippen LogP contribution in [0.5, 0.6) is 5.75 Å². The van der Waals surface area contributed by atoms with E-state index in [0.29, 0.717) is 12.3 Å². The van der Waals surface area contributed by atoms with E-state index in [9.17, 15) is 4.79 Å². The lowest BCUT2D eigenvalue weighted by Crippen LogP contribution is -2.03. The van der Waals surface area contributed by atoms with Gasteiger partial charge in [-0.2, -0.15) is 0 Å². The Hall–Kier alpha value is -2.82. The maximum absolute atomic E-state index is 11.0. The van der Waals surface area contributed by atoms with E-state index >= 15 is 0 Å². The minimum absolute atomic E-state index is 0.219. The van der Waals surface area contributed by atoms with Gasteiger partial charge < -0.3 is 9.84 Å². The van der Waals surface area contributed by atoms with E-state index in [4.69, 9.17) is 9.84 Å². The van der Waals surface area contributed by atoms with Gasteiger partial charge >= 0.3 is 5.97 Å². The number of para-hydroxylation sites is 1. The van der Waals surface area contributed by atoms with Crippen LogP contribution in [-0.2, 0) is 6.61 Å². The van der Waals surface area contributed by atoms with E-state index in [1.54, 1.807) is 22.9 Å². The van der Waals surface area contributed by atoms with Crippen LogP contribution in [0, 0.1) is 0 Å². The quantitative estimate of drug-likeness (QED) is 0.790. The molecule has 20 heavy (non-hydrogen) atoms. The molecule has 100 valence electrons. The summed E-state index contributed by atoms with van der Waals surface area (Å²) in [7, 11) is 0. The van der Waals surface area contributed by atoms with Crippen LogP contribution < -0.4 is 4.74 Å². The number of imidazole rings is 1. The van der Waals surface area contributed by atoms with Gasteiger partial charge in [0.1, 0.15) is 18.0 Å². The number of ether oxygens (including phenoxy) is 1. The van der Waals surface area contributed by atoms with Crippen LogP contribution in [0.15, 0.2) is 54.9 Å². The van der Waals surface area contributed by atoms with Gasteiger partial charge in [0.15, 0.2) is 0 Å². The molecule has 1 aromatic carbocycles. The summed E-state index contributed by atoms with van der Waals surface area (Å²) in [4.78, 5) is 15.2. The van der Waals surface area contributed by atoms with Crippen molar-refractivity contribution in [2.45, 2.75) is 6.61 Å². The number of nitrogens with zero attached hydrogens (tertiary/aromatic N) is 2. The normalized spacial score (nSPS) is 10.6. The summed E-state index contributed by atoms with van der Waals surface area (Å²) in [5.74, 6) is -0.202. The van der Waals surface area contributed by atoms with Crippen LogP contribution in [0.1, 0.15) is 16.1 Å². The third-order valence-corrected chi connectivity index (χ3v) is 2.96. The topological polar surface area (TPSA) is 63.8 Å². The largest absolute Gasteiger partial charge is 0.487 e. The average molecular weight is 268 g/mol. The summed E-state index contributed by atoms with van der Waals surface area (Å²) in [6, 6.07) is 12.7. The van der Waals surface area contributed by atoms with Crippen LogP contribution >= 0.6 is 0 Å². The summed E-state index contributed by atoms with van der Waals surface area (Å²) >= 11 is 0. The maximum atomic E-state index is 11.0. The standard InChI is InChI=1S/C15H12N2O3/c18-15(19)11-6-7-14-16-8-12(17(14)9-11)10-20-13-4-2-1-3-5-13/h1-9H,10H2,(H,18,19). The number of aromatic carboxylic acids is 1. The Morgan fingerprint density at radius 2 is 2.00 bits per heavy atom. The minimum atomic E-state index is -0.962. The van der Waals surface area contributed by atoms with Gasteiger partial charge in [-0.25, -0.2) is 9.78 Å². The third kappa shape index (κ3) is 2.33. The molecule has 0 aliphatic rings. The molecule has 3 aromatic rings. The van der Waals surface area contributed by atoms with Crippen molar-refractivity contribution in [3.8, 4) is 5.75 Å². The summed E-state index contributed by atoms with van der Waals surface area (Å²) < 4.78 is 7.38. The van der Waals surface area contributed by atoms with Crippen LogP contribution in [0.25, 0.3) is 5.65 Å². The van der Waals surface area contributed by atoms with Gasteiger partial charge in [-0.3, -0.25) is 4.40 Å². The zero-order valence-electron chi connectivity index (χ0n) is 10.6. The molecular formula is C15H12N2O3. The zero-order chi connectivity index (χ0) is 13.9. The number of hydrogen-bond donors (Lipinski definition) is 1. The molecular weight excluding hydrogens is 256 g/mol. The molecule has 0 unspecified atom stereocenters. The number of carbonyl (C=O) groups is 1. The monoisotopic (exact) mass is 268 g/mol. The van der Waals surface area contributed by atoms with E-state index in [1.807, 2.05) is 30.3 Å². The highest BCUT2D eigenvalue weighted by Gasteiger charge is 2.08. The first-order chi connectivity index (χ1) is 9.74. The Bertz CT molecular complexity index is 750. The Balaban J connectivity index is 1.88. The van der Waals surface area contributed by atoms with Crippen molar-refractivity contribution in [1.82, 2.24) is 9.38 Å². The lowest BCUT2D eigenvalue weighted by Gasteiger charge is -2.06. The molecule has 1 N–H and O–H groups in total. The van der Waals surface area contributed by atoms with Gasteiger partial charge in [0.05, 0.1) is 17.5 Å². The highest BCUT2D eigenvalue weighted by Crippen LogP contribution is 2.14. The summed E-state index contributed by atoms with van der Waals surface area (Å²) in [6.45, 7) is 0.328. The zero-order valence-corrected chi connectivity index (χ0v) is 10.6. The first-order valence-corrected chi connectivity index (χ1v) is 6.11. The van der Waals surface area contributed by atoms with Gasteiger partial charge in [0.2, 0.25) is 0 Å². The molecule has 5 heteroatoms. The van der Waals surface area contributed by atoms with Crippen LogP contribution in [0.2, 0.25) is 0 Å². The van der Waals surface area contributed by atoms with Crippen molar-refractivity contribution < 1.29 is 14.6 Å². The molecule has 0 saturated heterocycles. The molecule has 0 fully saturated rings. The molecule has 0 saturated carbocycles. The highest BCUT2D eigenvalue weighted by molar-refractivity contribution is 5.87. The average Bonchev–Trinajstić information content (AvgIpc) is 2.88. The Kier molecular flexibility index (Phi) is 3.09. The minimum Gasteiger partial charge on any atom is -0.487 e. The number of aromatic nitrogens is 2. The molecule has 5 nitrogen and oxygen atoms in total. The second-order valence-corrected chi connectivity index (χ2v) is 4.30. The van der Waals surface area contributed by atoms with Crippen molar-refractivity contribution in [1.29, 1.82) is 0 Å². The smallest absolute Gasteiger partial charge is 0.337 e. The van der Waals surface area contributed by atoms with Crippen molar-refractivity contribution >= 4 is 11.6 Å². The van der Waals surface area contributed by atoms with E-state index in [1.165, 1.54) is 6.07 Å². The van der Waals surface area contributed by atoms with Crippen molar-refractivity contribution in [3.63, 3.8) is 0 Å². The molecule has 0 bridgehead atoms. The molecule has 3 rings (SSSR count). The predicted octanol–water partition coefficient (Wildman–Crippen LogP) is 2.61. The fourth-order valence-corrected chi connectivity index (χ4v) is 1.94. The molecule has 0 amide bonds. The van der Waals surface area contributed by atoms with Crippen molar-refractivity contribution in [2.75, 3.05) is 0 Å². The first-order valence-electron chi connectivity index (χ1n) is 6.11. The van der Waals surface area contributed by atoms with E-state index in [0.717, 1.165) is 11.4 Å². The Morgan fingerprint density at radius 3 is 2.75 bits per heavy atom. The molecule has 2 aromatic heterocycles.